The maximum Gasteiger partial charge on any atom is 0.317 e. The Balaban J connectivity index is 1.58. The van der Waals surface area contributed by atoms with Crippen molar-refractivity contribution in [3.8, 4) is 0 Å². The topological polar surface area (TPSA) is 61.4 Å². The third-order valence-electron chi connectivity index (χ3n) is 5.03. The smallest absolute Gasteiger partial charge is 0.317 e. The summed E-state index contributed by atoms with van der Waals surface area (Å²) < 4.78 is 0. The molecule has 0 saturated carbocycles. The molecule has 3 rings (SSSR count). The number of nitrogens with zero attached hydrogens (tertiary/aromatic N) is 4. The van der Waals surface area contributed by atoms with Gasteiger partial charge < -0.3 is 15.1 Å². The van der Waals surface area contributed by atoms with Gasteiger partial charge in [-0.2, -0.15) is 5.10 Å². The highest BCUT2D eigenvalue weighted by Crippen LogP contribution is 2.21. The number of nitrogens with one attached hydrogen (secondary N) is 1. The summed E-state index contributed by atoms with van der Waals surface area (Å²) in [6.07, 6.45) is 3.76. The minimum atomic E-state index is -0.0650. The van der Waals surface area contributed by atoms with Crippen LogP contribution in [0.25, 0.3) is 0 Å². The van der Waals surface area contributed by atoms with Crippen molar-refractivity contribution in [2.24, 2.45) is 0 Å². The number of benzene rings is 1. The van der Waals surface area contributed by atoms with Gasteiger partial charge in [0.05, 0.1) is 12.2 Å². The van der Waals surface area contributed by atoms with E-state index in [0.29, 0.717) is 6.54 Å². The van der Waals surface area contributed by atoms with Crippen molar-refractivity contribution >= 4 is 23.4 Å². The number of carbonyl (C=O) groups is 1. The summed E-state index contributed by atoms with van der Waals surface area (Å²) >= 11 is 6.06. The van der Waals surface area contributed by atoms with E-state index in [1.807, 2.05) is 45.2 Å². The zero-order chi connectivity index (χ0) is 19.4. The fraction of sp³-hybridized carbons (Fsp3) is 0.450. The van der Waals surface area contributed by atoms with Crippen molar-refractivity contribution in [3.05, 3.63) is 52.2 Å². The molecule has 1 atom stereocenters. The number of carbonyl (C=O) groups excluding carboxylic acids is 1. The van der Waals surface area contributed by atoms with E-state index in [4.69, 9.17) is 11.6 Å². The molecule has 1 saturated heterocycles. The number of halogens is 1. The molecule has 0 spiro atoms. The second-order valence-corrected chi connectivity index (χ2v) is 7.59. The molecule has 0 radical (unpaired) electrons. The normalized spacial score (nSPS) is 16.9. The van der Waals surface area contributed by atoms with Crippen LogP contribution in [0.1, 0.15) is 29.5 Å². The van der Waals surface area contributed by atoms with Gasteiger partial charge in [-0.15, -0.1) is 5.10 Å². The van der Waals surface area contributed by atoms with Crippen LogP contribution in [0.5, 0.6) is 0 Å². The Morgan fingerprint density at radius 1 is 1.37 bits per heavy atom. The molecule has 2 amide bonds. The monoisotopic (exact) mass is 387 g/mol. The fourth-order valence-electron chi connectivity index (χ4n) is 3.37. The van der Waals surface area contributed by atoms with Gasteiger partial charge in [0, 0.05) is 31.7 Å². The first-order valence-electron chi connectivity index (χ1n) is 9.24. The lowest BCUT2D eigenvalue weighted by Gasteiger charge is -2.38. The maximum atomic E-state index is 12.6. The van der Waals surface area contributed by atoms with Gasteiger partial charge in [0.15, 0.2) is 5.82 Å². The summed E-state index contributed by atoms with van der Waals surface area (Å²) in [4.78, 5) is 16.6. The van der Waals surface area contributed by atoms with E-state index in [1.54, 1.807) is 11.1 Å². The van der Waals surface area contributed by atoms with Crippen molar-refractivity contribution in [2.75, 3.05) is 25.0 Å². The molecule has 1 N–H and O–H groups in total. The zero-order valence-electron chi connectivity index (χ0n) is 16.1. The van der Waals surface area contributed by atoms with Gasteiger partial charge in [-0.3, -0.25) is 0 Å². The number of piperidine rings is 1. The average molecular weight is 388 g/mol. The van der Waals surface area contributed by atoms with Crippen LogP contribution in [0.4, 0.5) is 10.6 Å². The summed E-state index contributed by atoms with van der Waals surface area (Å²) in [6, 6.07) is 7.93. The highest BCUT2D eigenvalue weighted by molar-refractivity contribution is 6.31. The molecular formula is C20H26ClN5O. The van der Waals surface area contributed by atoms with Gasteiger partial charge in [0.25, 0.3) is 0 Å². The molecule has 1 fully saturated rings. The number of rotatable bonds is 4. The lowest BCUT2D eigenvalue weighted by molar-refractivity contribution is 0.182. The minimum Gasteiger partial charge on any atom is -0.353 e. The van der Waals surface area contributed by atoms with Crippen LogP contribution in [0.2, 0.25) is 5.02 Å². The van der Waals surface area contributed by atoms with Crippen molar-refractivity contribution < 1.29 is 4.79 Å². The van der Waals surface area contributed by atoms with Crippen LogP contribution < -0.4 is 10.2 Å². The molecule has 144 valence electrons. The van der Waals surface area contributed by atoms with Crippen LogP contribution in [-0.2, 0) is 6.54 Å². The van der Waals surface area contributed by atoms with E-state index in [2.05, 4.69) is 20.4 Å². The molecule has 1 aliphatic heterocycles. The van der Waals surface area contributed by atoms with Crippen molar-refractivity contribution in [2.45, 2.75) is 39.3 Å². The molecule has 7 heteroatoms. The molecule has 0 aliphatic carbocycles. The fourth-order valence-corrected chi connectivity index (χ4v) is 3.48. The number of urea groups is 1. The van der Waals surface area contributed by atoms with E-state index in [-0.39, 0.29) is 12.1 Å². The molecule has 27 heavy (non-hydrogen) atoms. The second-order valence-electron chi connectivity index (χ2n) is 7.19. The number of aryl methyl sites for hydroxylation is 2. The molecule has 2 aromatic rings. The van der Waals surface area contributed by atoms with E-state index in [0.717, 1.165) is 53.5 Å². The highest BCUT2D eigenvalue weighted by Gasteiger charge is 2.27. The Labute approximate surface area is 165 Å². The van der Waals surface area contributed by atoms with E-state index < -0.39 is 0 Å². The van der Waals surface area contributed by atoms with E-state index in [9.17, 15) is 4.79 Å². The summed E-state index contributed by atoms with van der Waals surface area (Å²) in [7, 11) is 1.86. The van der Waals surface area contributed by atoms with E-state index >= 15 is 0 Å². The average Bonchev–Trinajstić information content (AvgIpc) is 2.68. The molecule has 1 aromatic heterocycles. The first-order chi connectivity index (χ1) is 12.9. The minimum absolute atomic E-state index is 0.0650. The lowest BCUT2D eigenvalue weighted by atomic mass is 10.0. The van der Waals surface area contributed by atoms with Gasteiger partial charge in [-0.05, 0) is 55.5 Å². The SMILES string of the molecule is Cc1cnnc(N2CCC[C@@H](N(C)C(=O)NCc3ccc(Cl)c(C)c3)C2)c1. The number of amides is 2. The van der Waals surface area contributed by atoms with Gasteiger partial charge in [0.2, 0.25) is 0 Å². The van der Waals surface area contributed by atoms with Gasteiger partial charge in [-0.25, -0.2) is 4.79 Å². The maximum absolute atomic E-state index is 12.6. The molecule has 2 heterocycles. The number of hydrogen-bond acceptors (Lipinski definition) is 4. The Bertz CT molecular complexity index is 813. The van der Waals surface area contributed by atoms with Crippen molar-refractivity contribution in [3.63, 3.8) is 0 Å². The predicted molar refractivity (Wildman–Crippen MR) is 108 cm³/mol. The summed E-state index contributed by atoms with van der Waals surface area (Å²) in [5, 5.41) is 12.0. The first kappa shape index (κ1) is 19.4. The third-order valence-corrected chi connectivity index (χ3v) is 5.46. The van der Waals surface area contributed by atoms with Crippen molar-refractivity contribution in [1.82, 2.24) is 20.4 Å². The van der Waals surface area contributed by atoms with Gasteiger partial charge in [-0.1, -0.05) is 23.7 Å². The van der Waals surface area contributed by atoms with Crippen LogP contribution in [0.15, 0.2) is 30.5 Å². The molecule has 0 unspecified atom stereocenters. The first-order valence-corrected chi connectivity index (χ1v) is 9.62. The number of anilines is 1. The predicted octanol–water partition coefficient (Wildman–Crippen LogP) is 3.56. The van der Waals surface area contributed by atoms with Crippen LogP contribution in [0, 0.1) is 13.8 Å². The standard InChI is InChI=1S/C20H26ClN5O/c1-14-9-19(24-23-11-14)26-8-4-5-17(13-26)25(3)20(27)22-12-16-6-7-18(21)15(2)10-16/h6-7,9-11,17H,4-5,8,12-13H2,1-3H3,(H,22,27)/t17-/m1/s1. The van der Waals surface area contributed by atoms with Crippen LogP contribution in [0.3, 0.4) is 0 Å². The number of likely N-dealkylation sites (N-methyl/N-ethyl adjacent to an activating group) is 1. The van der Waals surface area contributed by atoms with E-state index in [1.165, 1.54) is 0 Å². The molecule has 6 nitrogen and oxygen atoms in total. The Kier molecular flexibility index (Phi) is 6.16. The van der Waals surface area contributed by atoms with Gasteiger partial charge >= 0.3 is 6.03 Å². The molecule has 1 aromatic carbocycles. The molecule has 1 aliphatic rings. The number of hydrogen-bond donors (Lipinski definition) is 1. The Morgan fingerprint density at radius 2 is 2.19 bits per heavy atom. The Morgan fingerprint density at radius 3 is 2.93 bits per heavy atom. The molecular weight excluding hydrogens is 362 g/mol. The van der Waals surface area contributed by atoms with Crippen LogP contribution in [-0.4, -0.2) is 47.3 Å². The summed E-state index contributed by atoms with van der Waals surface area (Å²) in [5.41, 5.74) is 3.14. The largest absolute Gasteiger partial charge is 0.353 e. The molecule has 0 bridgehead atoms. The number of aromatic nitrogens is 2. The third kappa shape index (κ3) is 4.89. The van der Waals surface area contributed by atoms with Gasteiger partial charge in [0.1, 0.15) is 0 Å². The highest BCUT2D eigenvalue weighted by atomic mass is 35.5. The zero-order valence-corrected chi connectivity index (χ0v) is 16.8. The summed E-state index contributed by atoms with van der Waals surface area (Å²) in [5.74, 6) is 0.880. The Hall–Kier alpha value is -2.34. The quantitative estimate of drug-likeness (QED) is 0.871. The summed E-state index contributed by atoms with van der Waals surface area (Å²) in [6.45, 7) is 6.17. The second kappa shape index (κ2) is 8.57. The lowest BCUT2D eigenvalue weighted by Crippen LogP contribution is -2.51. The van der Waals surface area contributed by atoms with Crippen molar-refractivity contribution in [1.29, 1.82) is 0 Å². The van der Waals surface area contributed by atoms with Crippen LogP contribution >= 0.6 is 11.6 Å².